The molecular formula is C10H15N5O. The van der Waals surface area contributed by atoms with Crippen LogP contribution in [0.2, 0.25) is 0 Å². The number of nitrogens with zero attached hydrogens (tertiary/aromatic N) is 3. The van der Waals surface area contributed by atoms with Crippen molar-refractivity contribution in [2.75, 3.05) is 17.7 Å². The number of carbonyl (C=O) groups excluding carboxylic acids is 1. The Hall–Kier alpha value is -1.85. The van der Waals surface area contributed by atoms with Gasteiger partial charge in [0.05, 0.1) is 6.42 Å². The molecular weight excluding hydrogens is 206 g/mol. The number of hydrogen-bond donors (Lipinski definition) is 2. The zero-order chi connectivity index (χ0) is 11.9. The molecule has 1 atom stereocenters. The first-order valence-electron chi connectivity index (χ1n) is 5.15. The van der Waals surface area contributed by atoms with Gasteiger partial charge in [0, 0.05) is 18.7 Å². The molecule has 1 amide bonds. The first-order chi connectivity index (χ1) is 7.49. The summed E-state index contributed by atoms with van der Waals surface area (Å²) >= 11 is 0. The van der Waals surface area contributed by atoms with Crippen LogP contribution in [0.3, 0.4) is 0 Å². The first kappa shape index (κ1) is 10.7. The van der Waals surface area contributed by atoms with Gasteiger partial charge in [0.25, 0.3) is 0 Å². The summed E-state index contributed by atoms with van der Waals surface area (Å²) in [6.45, 7) is 2.09. The smallest absolute Gasteiger partial charge is 0.225 e. The first-order valence-corrected chi connectivity index (χ1v) is 5.15. The van der Waals surface area contributed by atoms with Crippen LogP contribution in [0.25, 0.3) is 0 Å². The molecule has 2 rings (SSSR count). The summed E-state index contributed by atoms with van der Waals surface area (Å²) in [6, 6.07) is 0.357. The van der Waals surface area contributed by atoms with Gasteiger partial charge in [-0.25, -0.2) is 9.97 Å². The molecule has 0 saturated carbocycles. The average Bonchev–Trinajstić information content (AvgIpc) is 2.45. The molecule has 1 aromatic rings. The topological polar surface area (TPSA) is 98.1 Å². The van der Waals surface area contributed by atoms with E-state index in [1.807, 2.05) is 11.9 Å². The molecule has 1 unspecified atom stereocenters. The molecule has 86 valence electrons. The maximum atomic E-state index is 10.8. The number of aromatic nitrogens is 2. The molecule has 4 N–H and O–H groups in total. The minimum Gasteiger partial charge on any atom is -0.383 e. The number of anilines is 2. The van der Waals surface area contributed by atoms with Gasteiger partial charge in [-0.15, -0.1) is 0 Å². The zero-order valence-corrected chi connectivity index (χ0v) is 9.40. The van der Waals surface area contributed by atoms with E-state index in [4.69, 9.17) is 11.5 Å². The van der Waals surface area contributed by atoms with E-state index in [-0.39, 0.29) is 6.42 Å². The number of amides is 1. The second-order valence-electron chi connectivity index (χ2n) is 4.13. The molecule has 6 heteroatoms. The number of primary amides is 1. The van der Waals surface area contributed by atoms with E-state index in [0.29, 0.717) is 17.7 Å². The molecule has 0 saturated heterocycles. The molecule has 1 aliphatic heterocycles. The Bertz CT molecular complexity index is 445. The second-order valence-corrected chi connectivity index (χ2v) is 4.13. The van der Waals surface area contributed by atoms with E-state index in [2.05, 4.69) is 16.9 Å². The summed E-state index contributed by atoms with van der Waals surface area (Å²) in [6.07, 6.45) is 0.869. The quantitative estimate of drug-likeness (QED) is 0.699. The molecule has 1 aromatic heterocycles. The average molecular weight is 221 g/mol. The summed E-state index contributed by atoms with van der Waals surface area (Å²) < 4.78 is 0. The number of hydrogen-bond acceptors (Lipinski definition) is 5. The van der Waals surface area contributed by atoms with E-state index >= 15 is 0 Å². The van der Waals surface area contributed by atoms with E-state index < -0.39 is 5.91 Å². The predicted molar refractivity (Wildman–Crippen MR) is 60.9 cm³/mol. The van der Waals surface area contributed by atoms with Gasteiger partial charge >= 0.3 is 0 Å². The molecule has 0 spiro atoms. The summed E-state index contributed by atoms with van der Waals surface area (Å²) in [5.74, 6) is 1.21. The highest BCUT2D eigenvalue weighted by Gasteiger charge is 2.27. The number of fused-ring (bicyclic) bond motifs is 1. The molecule has 0 fully saturated rings. The van der Waals surface area contributed by atoms with Crippen molar-refractivity contribution in [2.24, 2.45) is 5.73 Å². The van der Waals surface area contributed by atoms with Crippen molar-refractivity contribution in [2.45, 2.75) is 25.8 Å². The lowest BCUT2D eigenvalue weighted by atomic mass is 10.2. The summed E-state index contributed by atoms with van der Waals surface area (Å²) in [7, 11) is 1.96. The third-order valence-electron chi connectivity index (χ3n) is 2.89. The predicted octanol–water partition coefficient (Wildman–Crippen LogP) is -0.533. The van der Waals surface area contributed by atoms with Gasteiger partial charge in [0.2, 0.25) is 5.91 Å². The van der Waals surface area contributed by atoms with Crippen LogP contribution in [0.1, 0.15) is 18.3 Å². The fourth-order valence-electron chi connectivity index (χ4n) is 1.90. The highest BCUT2D eigenvalue weighted by molar-refractivity contribution is 5.76. The van der Waals surface area contributed by atoms with E-state index in [1.54, 1.807) is 0 Å². The Morgan fingerprint density at radius 1 is 1.56 bits per heavy atom. The molecule has 1 aliphatic rings. The largest absolute Gasteiger partial charge is 0.383 e. The van der Waals surface area contributed by atoms with Crippen LogP contribution in [0.15, 0.2) is 0 Å². The lowest BCUT2D eigenvalue weighted by Gasteiger charge is -2.17. The summed E-state index contributed by atoms with van der Waals surface area (Å²) in [5, 5.41) is 0. The third-order valence-corrected chi connectivity index (χ3v) is 2.89. The van der Waals surface area contributed by atoms with Gasteiger partial charge in [-0.05, 0) is 13.3 Å². The number of nitrogens with two attached hydrogens (primary N) is 2. The fraction of sp³-hybridized carbons (Fsp3) is 0.500. The van der Waals surface area contributed by atoms with Crippen LogP contribution in [0.5, 0.6) is 0 Å². The lowest BCUT2D eigenvalue weighted by Crippen LogP contribution is -2.25. The normalized spacial score (nSPS) is 18.6. The molecule has 0 aromatic carbocycles. The molecule has 6 nitrogen and oxygen atoms in total. The molecule has 16 heavy (non-hydrogen) atoms. The highest BCUT2D eigenvalue weighted by Crippen LogP contribution is 2.31. The van der Waals surface area contributed by atoms with Crippen molar-refractivity contribution in [3.63, 3.8) is 0 Å². The van der Waals surface area contributed by atoms with Crippen LogP contribution in [-0.2, 0) is 17.6 Å². The van der Waals surface area contributed by atoms with Crippen LogP contribution < -0.4 is 16.4 Å². The van der Waals surface area contributed by atoms with Crippen LogP contribution in [-0.4, -0.2) is 29.0 Å². The molecule has 0 bridgehead atoms. The van der Waals surface area contributed by atoms with Gasteiger partial charge in [-0.3, -0.25) is 4.79 Å². The number of likely N-dealkylation sites (N-methyl/N-ethyl adjacent to an activating group) is 1. The third kappa shape index (κ3) is 1.66. The molecule has 0 aliphatic carbocycles. The fourth-order valence-corrected chi connectivity index (χ4v) is 1.90. The SMILES string of the molecule is CC1Cc2c(N)nc(CC(N)=O)nc2N1C. The van der Waals surface area contributed by atoms with Crippen molar-refractivity contribution in [3.8, 4) is 0 Å². The van der Waals surface area contributed by atoms with Crippen molar-refractivity contribution < 1.29 is 4.79 Å². The van der Waals surface area contributed by atoms with Gasteiger partial charge in [0.1, 0.15) is 17.5 Å². The van der Waals surface area contributed by atoms with Crippen LogP contribution in [0, 0.1) is 0 Å². The monoisotopic (exact) mass is 221 g/mol. The maximum Gasteiger partial charge on any atom is 0.225 e. The van der Waals surface area contributed by atoms with E-state index in [1.165, 1.54) is 0 Å². The van der Waals surface area contributed by atoms with Crippen LogP contribution >= 0.6 is 0 Å². The van der Waals surface area contributed by atoms with E-state index in [0.717, 1.165) is 17.8 Å². The van der Waals surface area contributed by atoms with Gasteiger partial charge in [-0.2, -0.15) is 0 Å². The minimum absolute atomic E-state index is 0.0275. The van der Waals surface area contributed by atoms with Crippen molar-refractivity contribution in [1.82, 2.24) is 9.97 Å². The summed E-state index contributed by atoms with van der Waals surface area (Å²) in [5.41, 5.74) is 11.9. The minimum atomic E-state index is -0.451. The maximum absolute atomic E-state index is 10.8. The van der Waals surface area contributed by atoms with Crippen molar-refractivity contribution in [3.05, 3.63) is 11.4 Å². The Morgan fingerprint density at radius 2 is 2.25 bits per heavy atom. The van der Waals surface area contributed by atoms with Gasteiger partial charge < -0.3 is 16.4 Å². The van der Waals surface area contributed by atoms with Gasteiger partial charge in [-0.1, -0.05) is 0 Å². The number of carbonyl (C=O) groups is 1. The van der Waals surface area contributed by atoms with Crippen molar-refractivity contribution in [1.29, 1.82) is 0 Å². The highest BCUT2D eigenvalue weighted by atomic mass is 16.1. The standard InChI is InChI=1S/C10H15N5O/c1-5-3-6-9(12)13-8(4-7(11)16)14-10(6)15(5)2/h5H,3-4H2,1-2H3,(H2,11,16)(H2,12,13,14). The second kappa shape index (κ2) is 3.62. The van der Waals surface area contributed by atoms with Crippen molar-refractivity contribution >= 4 is 17.5 Å². The van der Waals surface area contributed by atoms with Gasteiger partial charge in [0.15, 0.2) is 0 Å². The number of rotatable bonds is 2. The zero-order valence-electron chi connectivity index (χ0n) is 9.40. The van der Waals surface area contributed by atoms with E-state index in [9.17, 15) is 4.79 Å². The number of nitrogen functional groups attached to an aromatic ring is 1. The Kier molecular flexibility index (Phi) is 2.41. The summed E-state index contributed by atoms with van der Waals surface area (Å²) in [4.78, 5) is 21.3. The Morgan fingerprint density at radius 3 is 2.88 bits per heavy atom. The molecule has 0 radical (unpaired) electrons. The lowest BCUT2D eigenvalue weighted by molar-refractivity contribution is -0.117. The Labute approximate surface area is 93.7 Å². The Balaban J connectivity index is 2.42. The van der Waals surface area contributed by atoms with Crippen LogP contribution in [0.4, 0.5) is 11.6 Å². The molecule has 2 heterocycles.